The van der Waals surface area contributed by atoms with E-state index in [1.165, 1.54) is 6.33 Å². The molecule has 1 aliphatic carbocycles. The third-order valence-corrected chi connectivity index (χ3v) is 2.69. The Bertz CT molecular complexity index is 371. The van der Waals surface area contributed by atoms with Crippen LogP contribution in [0.5, 0.6) is 11.8 Å². The lowest BCUT2D eigenvalue weighted by atomic mass is 10.3. The number of aromatic nitrogens is 2. The molecule has 0 radical (unpaired) electrons. The van der Waals surface area contributed by atoms with Crippen molar-refractivity contribution in [2.24, 2.45) is 5.73 Å². The highest BCUT2D eigenvalue weighted by molar-refractivity contribution is 5.18. The van der Waals surface area contributed by atoms with Gasteiger partial charge < -0.3 is 15.2 Å². The number of ether oxygens (including phenoxy) is 2. The first-order chi connectivity index (χ1) is 8.13. The van der Waals surface area contributed by atoms with Crippen molar-refractivity contribution >= 4 is 0 Å². The maximum absolute atomic E-state index is 5.84. The largest absolute Gasteiger partial charge is 0.475 e. The van der Waals surface area contributed by atoms with Gasteiger partial charge in [-0.25, -0.2) is 9.97 Å². The van der Waals surface area contributed by atoms with Gasteiger partial charge >= 0.3 is 0 Å². The van der Waals surface area contributed by atoms with E-state index in [9.17, 15) is 0 Å². The fourth-order valence-electron chi connectivity index (χ4n) is 1.94. The summed E-state index contributed by atoms with van der Waals surface area (Å²) in [5, 5.41) is 0. The van der Waals surface area contributed by atoms with Gasteiger partial charge in [0.1, 0.15) is 12.4 Å². The molecular weight excluding hydrogens is 218 g/mol. The molecule has 1 fully saturated rings. The zero-order valence-electron chi connectivity index (χ0n) is 10.3. The van der Waals surface area contributed by atoms with E-state index in [-0.39, 0.29) is 18.2 Å². The van der Waals surface area contributed by atoms with E-state index in [2.05, 4.69) is 9.97 Å². The highest BCUT2D eigenvalue weighted by Crippen LogP contribution is 2.23. The summed E-state index contributed by atoms with van der Waals surface area (Å²) in [6.45, 7) is 3.91. The van der Waals surface area contributed by atoms with Gasteiger partial charge in [0.25, 0.3) is 0 Å². The Hall–Kier alpha value is -1.36. The van der Waals surface area contributed by atoms with Gasteiger partial charge in [0.2, 0.25) is 11.8 Å². The molecule has 0 aromatic carbocycles. The lowest BCUT2D eigenvalue weighted by Gasteiger charge is -2.13. The molecule has 5 heteroatoms. The quantitative estimate of drug-likeness (QED) is 0.859. The molecule has 2 N–H and O–H groups in total. The zero-order valence-corrected chi connectivity index (χ0v) is 10.3. The smallest absolute Gasteiger partial charge is 0.220 e. The summed E-state index contributed by atoms with van der Waals surface area (Å²) < 4.78 is 11.2. The minimum atomic E-state index is 0.0950. The third-order valence-electron chi connectivity index (χ3n) is 2.69. The summed E-state index contributed by atoms with van der Waals surface area (Å²) in [5.74, 6) is 1.11. The van der Waals surface area contributed by atoms with Gasteiger partial charge in [0.15, 0.2) is 0 Å². The molecule has 1 aromatic heterocycles. The van der Waals surface area contributed by atoms with E-state index in [1.54, 1.807) is 6.07 Å². The van der Waals surface area contributed by atoms with Gasteiger partial charge in [-0.05, 0) is 33.1 Å². The summed E-state index contributed by atoms with van der Waals surface area (Å²) >= 11 is 0. The van der Waals surface area contributed by atoms with E-state index in [0.29, 0.717) is 11.8 Å². The average molecular weight is 237 g/mol. The molecule has 0 bridgehead atoms. The lowest BCUT2D eigenvalue weighted by Crippen LogP contribution is -2.19. The van der Waals surface area contributed by atoms with Gasteiger partial charge in [-0.2, -0.15) is 0 Å². The number of nitrogens with zero attached hydrogens (tertiary/aromatic N) is 2. The summed E-state index contributed by atoms with van der Waals surface area (Å²) in [7, 11) is 0. The molecule has 0 aliphatic heterocycles. The van der Waals surface area contributed by atoms with Crippen LogP contribution in [-0.2, 0) is 0 Å². The fraction of sp³-hybridized carbons (Fsp3) is 0.667. The molecule has 5 nitrogen and oxygen atoms in total. The van der Waals surface area contributed by atoms with E-state index >= 15 is 0 Å². The SMILES string of the molecule is CC(C)Oc1cc(OC2CCC(N)C2)ncn1. The molecule has 0 amide bonds. The maximum Gasteiger partial charge on any atom is 0.220 e. The summed E-state index contributed by atoms with van der Waals surface area (Å²) in [5.41, 5.74) is 5.84. The van der Waals surface area contributed by atoms with Gasteiger partial charge in [0, 0.05) is 6.04 Å². The van der Waals surface area contributed by atoms with Gasteiger partial charge in [-0.15, -0.1) is 0 Å². The Labute approximate surface area is 101 Å². The van der Waals surface area contributed by atoms with Crippen molar-refractivity contribution in [3.8, 4) is 11.8 Å². The van der Waals surface area contributed by atoms with Crippen LogP contribution in [0.25, 0.3) is 0 Å². The molecule has 2 rings (SSSR count). The van der Waals surface area contributed by atoms with Crippen molar-refractivity contribution < 1.29 is 9.47 Å². The summed E-state index contributed by atoms with van der Waals surface area (Å²) in [6.07, 6.45) is 4.63. The molecule has 2 unspecified atom stereocenters. The van der Waals surface area contributed by atoms with Gasteiger partial charge in [-0.3, -0.25) is 0 Å². The fourth-order valence-corrected chi connectivity index (χ4v) is 1.94. The van der Waals surface area contributed by atoms with Crippen LogP contribution in [0.2, 0.25) is 0 Å². The van der Waals surface area contributed by atoms with E-state index in [1.807, 2.05) is 13.8 Å². The first-order valence-corrected chi connectivity index (χ1v) is 6.04. The van der Waals surface area contributed by atoms with E-state index in [0.717, 1.165) is 19.3 Å². The van der Waals surface area contributed by atoms with Crippen LogP contribution >= 0.6 is 0 Å². The Kier molecular flexibility index (Phi) is 3.78. The highest BCUT2D eigenvalue weighted by Gasteiger charge is 2.23. The van der Waals surface area contributed by atoms with Gasteiger partial charge in [-0.1, -0.05) is 0 Å². The Morgan fingerprint density at radius 1 is 1.29 bits per heavy atom. The minimum absolute atomic E-state index is 0.0950. The predicted octanol–water partition coefficient (Wildman–Crippen LogP) is 1.52. The minimum Gasteiger partial charge on any atom is -0.475 e. The molecule has 1 aliphatic rings. The van der Waals surface area contributed by atoms with Crippen LogP contribution < -0.4 is 15.2 Å². The second kappa shape index (κ2) is 5.31. The topological polar surface area (TPSA) is 70.3 Å². The molecule has 0 saturated heterocycles. The number of hydrogen-bond acceptors (Lipinski definition) is 5. The highest BCUT2D eigenvalue weighted by atomic mass is 16.5. The number of hydrogen-bond donors (Lipinski definition) is 1. The standard InChI is InChI=1S/C12H19N3O2/c1-8(2)16-11-6-12(15-7-14-11)17-10-4-3-9(13)5-10/h6-10H,3-5,13H2,1-2H3. The lowest BCUT2D eigenvalue weighted by molar-refractivity contribution is 0.193. The van der Waals surface area contributed by atoms with Crippen LogP contribution in [0.4, 0.5) is 0 Å². The number of rotatable bonds is 4. The Balaban J connectivity index is 1.96. The maximum atomic E-state index is 5.84. The zero-order chi connectivity index (χ0) is 12.3. The molecule has 1 aromatic rings. The number of nitrogens with two attached hydrogens (primary N) is 1. The van der Waals surface area contributed by atoms with Crippen molar-refractivity contribution in [2.45, 2.75) is 51.4 Å². The average Bonchev–Trinajstić information content (AvgIpc) is 2.63. The van der Waals surface area contributed by atoms with Crippen molar-refractivity contribution in [1.29, 1.82) is 0 Å². The molecule has 17 heavy (non-hydrogen) atoms. The molecule has 2 atom stereocenters. The van der Waals surface area contributed by atoms with Crippen LogP contribution in [0.15, 0.2) is 12.4 Å². The van der Waals surface area contributed by atoms with Gasteiger partial charge in [0.05, 0.1) is 12.2 Å². The molecule has 0 spiro atoms. The van der Waals surface area contributed by atoms with Crippen molar-refractivity contribution in [2.75, 3.05) is 0 Å². The van der Waals surface area contributed by atoms with Crippen molar-refractivity contribution in [3.63, 3.8) is 0 Å². The monoisotopic (exact) mass is 237 g/mol. The Morgan fingerprint density at radius 2 is 2.06 bits per heavy atom. The van der Waals surface area contributed by atoms with Crippen LogP contribution in [0, 0.1) is 0 Å². The third kappa shape index (κ3) is 3.56. The first kappa shape index (κ1) is 12.1. The molecule has 94 valence electrons. The second-order valence-electron chi connectivity index (χ2n) is 4.67. The normalized spacial score (nSPS) is 24.0. The predicted molar refractivity (Wildman–Crippen MR) is 64.0 cm³/mol. The summed E-state index contributed by atoms with van der Waals surface area (Å²) in [6, 6.07) is 1.98. The molecule has 1 saturated carbocycles. The Morgan fingerprint density at radius 3 is 2.71 bits per heavy atom. The van der Waals surface area contributed by atoms with E-state index < -0.39 is 0 Å². The first-order valence-electron chi connectivity index (χ1n) is 6.04. The van der Waals surface area contributed by atoms with E-state index in [4.69, 9.17) is 15.2 Å². The van der Waals surface area contributed by atoms with Crippen LogP contribution in [-0.4, -0.2) is 28.2 Å². The van der Waals surface area contributed by atoms with Crippen molar-refractivity contribution in [3.05, 3.63) is 12.4 Å². The molecule has 1 heterocycles. The van der Waals surface area contributed by atoms with Crippen molar-refractivity contribution in [1.82, 2.24) is 9.97 Å². The molecular formula is C12H19N3O2. The van der Waals surface area contributed by atoms with Crippen LogP contribution in [0.3, 0.4) is 0 Å². The van der Waals surface area contributed by atoms with Crippen LogP contribution in [0.1, 0.15) is 33.1 Å². The second-order valence-corrected chi connectivity index (χ2v) is 4.67. The summed E-state index contributed by atoms with van der Waals surface area (Å²) in [4.78, 5) is 8.11.